The van der Waals surface area contributed by atoms with E-state index in [9.17, 15) is 9.59 Å². The van der Waals surface area contributed by atoms with Gasteiger partial charge in [-0.05, 0) is 0 Å². The maximum atomic E-state index is 11.4. The first-order valence-electron chi connectivity index (χ1n) is 5.38. The zero-order valence-corrected chi connectivity index (χ0v) is 10.6. The lowest BCUT2D eigenvalue weighted by Crippen LogP contribution is -2.07. The van der Waals surface area contributed by atoms with Crippen molar-refractivity contribution in [3.63, 3.8) is 0 Å². The highest BCUT2D eigenvalue weighted by atomic mass is 32.1. The third-order valence-electron chi connectivity index (χ3n) is 2.15. The van der Waals surface area contributed by atoms with Crippen molar-refractivity contribution in [1.82, 2.24) is 4.98 Å². The summed E-state index contributed by atoms with van der Waals surface area (Å²) < 4.78 is 0. The molecule has 0 radical (unpaired) electrons. The normalized spacial score (nSPS) is 10.5. The predicted molar refractivity (Wildman–Crippen MR) is 73.0 cm³/mol. The van der Waals surface area contributed by atoms with Crippen molar-refractivity contribution >= 4 is 28.2 Å². The van der Waals surface area contributed by atoms with Crippen LogP contribution in [-0.4, -0.2) is 22.0 Å². The summed E-state index contributed by atoms with van der Waals surface area (Å²) >= 11 is 1.32. The Morgan fingerprint density at radius 1 is 1.21 bits per heavy atom. The van der Waals surface area contributed by atoms with Crippen LogP contribution in [0.25, 0.3) is 10.6 Å². The number of carboxylic acid groups (broad SMARTS) is 1. The predicted octanol–water partition coefficient (Wildman–Crippen LogP) is 2.39. The number of benzene rings is 1. The van der Waals surface area contributed by atoms with Crippen molar-refractivity contribution in [1.29, 1.82) is 0 Å². The second-order valence-electron chi connectivity index (χ2n) is 3.56. The van der Waals surface area contributed by atoms with Gasteiger partial charge in [0.15, 0.2) is 0 Å². The molecule has 0 spiro atoms. The molecular weight excluding hydrogens is 264 g/mol. The number of nitrogens with one attached hydrogen (secondary N) is 1. The minimum atomic E-state index is -1.16. The van der Waals surface area contributed by atoms with Gasteiger partial charge in [-0.25, -0.2) is 9.78 Å². The smallest absolute Gasteiger partial charge is 0.328 e. The molecule has 0 bridgehead atoms. The number of thiazole rings is 1. The van der Waals surface area contributed by atoms with E-state index >= 15 is 0 Å². The van der Waals surface area contributed by atoms with Crippen LogP contribution in [-0.2, 0) is 9.59 Å². The molecule has 1 heterocycles. The van der Waals surface area contributed by atoms with Crippen LogP contribution in [0.5, 0.6) is 0 Å². The molecule has 0 atom stereocenters. The Morgan fingerprint density at radius 2 is 1.95 bits per heavy atom. The van der Waals surface area contributed by atoms with E-state index in [2.05, 4.69) is 10.3 Å². The van der Waals surface area contributed by atoms with Crippen molar-refractivity contribution < 1.29 is 14.7 Å². The Labute approximate surface area is 113 Å². The van der Waals surface area contributed by atoms with Gasteiger partial charge in [-0.15, -0.1) is 0 Å². The van der Waals surface area contributed by atoms with Crippen LogP contribution < -0.4 is 5.32 Å². The van der Waals surface area contributed by atoms with Gasteiger partial charge in [0.25, 0.3) is 0 Å². The molecule has 1 aromatic carbocycles. The summed E-state index contributed by atoms with van der Waals surface area (Å²) in [6, 6.07) is 9.58. The van der Waals surface area contributed by atoms with Gasteiger partial charge < -0.3 is 10.4 Å². The standard InChI is InChI=1S/C13H10N2O3S/c16-10(6-7-12(17)18)15-11-8-14-13(19-11)9-4-2-1-3-5-9/h1-8H,(H,15,16)(H,17,18)/b7-6+. The third kappa shape index (κ3) is 3.75. The average Bonchev–Trinajstić information content (AvgIpc) is 2.86. The molecule has 96 valence electrons. The number of carbonyl (C=O) groups is 2. The number of carbonyl (C=O) groups excluding carboxylic acids is 1. The quantitative estimate of drug-likeness (QED) is 0.839. The summed E-state index contributed by atoms with van der Waals surface area (Å²) in [4.78, 5) is 25.8. The zero-order chi connectivity index (χ0) is 13.7. The Bertz CT molecular complexity index is 620. The monoisotopic (exact) mass is 274 g/mol. The van der Waals surface area contributed by atoms with E-state index in [1.165, 1.54) is 11.3 Å². The van der Waals surface area contributed by atoms with E-state index in [1.807, 2.05) is 30.3 Å². The number of rotatable bonds is 4. The summed E-state index contributed by atoms with van der Waals surface area (Å²) in [7, 11) is 0. The molecule has 0 aliphatic heterocycles. The Hall–Kier alpha value is -2.47. The third-order valence-corrected chi connectivity index (χ3v) is 3.11. The number of nitrogens with zero attached hydrogens (tertiary/aromatic N) is 1. The van der Waals surface area contributed by atoms with Crippen LogP contribution in [0.4, 0.5) is 5.00 Å². The topological polar surface area (TPSA) is 79.3 Å². The van der Waals surface area contributed by atoms with E-state index in [0.717, 1.165) is 22.7 Å². The number of aromatic nitrogens is 1. The van der Waals surface area contributed by atoms with Gasteiger partial charge in [0.1, 0.15) is 10.0 Å². The summed E-state index contributed by atoms with van der Waals surface area (Å²) in [5.74, 6) is -1.66. The molecule has 0 saturated carbocycles. The molecule has 2 aromatic rings. The lowest BCUT2D eigenvalue weighted by Gasteiger charge is -1.95. The van der Waals surface area contributed by atoms with Crippen LogP contribution in [0.1, 0.15) is 0 Å². The lowest BCUT2D eigenvalue weighted by atomic mass is 10.2. The van der Waals surface area contributed by atoms with E-state index < -0.39 is 11.9 Å². The van der Waals surface area contributed by atoms with Crippen LogP contribution in [0.3, 0.4) is 0 Å². The first kappa shape index (κ1) is 13.0. The summed E-state index contributed by atoms with van der Waals surface area (Å²) in [5, 5.41) is 12.3. The van der Waals surface area contributed by atoms with E-state index in [0.29, 0.717) is 5.00 Å². The summed E-state index contributed by atoms with van der Waals surface area (Å²) in [5.41, 5.74) is 0.967. The molecule has 0 unspecified atom stereocenters. The highest BCUT2D eigenvalue weighted by Gasteiger charge is 2.06. The Kier molecular flexibility index (Phi) is 4.04. The second-order valence-corrected chi connectivity index (χ2v) is 4.59. The molecular formula is C13H10N2O3S. The van der Waals surface area contributed by atoms with Crippen LogP contribution in [0, 0.1) is 0 Å². The maximum absolute atomic E-state index is 11.4. The summed E-state index contributed by atoms with van der Waals surface area (Å²) in [6.07, 6.45) is 3.29. The number of hydrogen-bond acceptors (Lipinski definition) is 4. The Morgan fingerprint density at radius 3 is 2.63 bits per heavy atom. The first-order valence-corrected chi connectivity index (χ1v) is 6.20. The van der Waals surface area contributed by atoms with E-state index in [1.54, 1.807) is 6.20 Å². The van der Waals surface area contributed by atoms with Crippen molar-refractivity contribution in [3.8, 4) is 10.6 Å². The van der Waals surface area contributed by atoms with Gasteiger partial charge in [0.05, 0.1) is 6.20 Å². The van der Waals surface area contributed by atoms with Gasteiger partial charge in [-0.1, -0.05) is 41.7 Å². The summed E-state index contributed by atoms with van der Waals surface area (Å²) in [6.45, 7) is 0. The minimum absolute atomic E-state index is 0.495. The molecule has 0 saturated heterocycles. The van der Waals surface area contributed by atoms with Gasteiger partial charge in [0, 0.05) is 17.7 Å². The zero-order valence-electron chi connectivity index (χ0n) is 9.74. The first-order chi connectivity index (χ1) is 9.15. The van der Waals surface area contributed by atoms with Crippen LogP contribution in [0.15, 0.2) is 48.7 Å². The van der Waals surface area contributed by atoms with Gasteiger partial charge in [-0.3, -0.25) is 4.79 Å². The minimum Gasteiger partial charge on any atom is -0.478 e. The number of aliphatic carboxylic acids is 1. The van der Waals surface area contributed by atoms with Crippen LogP contribution >= 0.6 is 11.3 Å². The van der Waals surface area contributed by atoms with E-state index in [-0.39, 0.29) is 0 Å². The largest absolute Gasteiger partial charge is 0.478 e. The van der Waals surface area contributed by atoms with Gasteiger partial charge >= 0.3 is 5.97 Å². The SMILES string of the molecule is O=C(O)/C=C/C(=O)Nc1cnc(-c2ccccc2)s1. The van der Waals surface area contributed by atoms with Crippen LogP contribution in [0.2, 0.25) is 0 Å². The van der Waals surface area contributed by atoms with Gasteiger partial charge in [-0.2, -0.15) is 0 Å². The molecule has 6 heteroatoms. The molecule has 0 aliphatic rings. The molecule has 5 nitrogen and oxygen atoms in total. The average molecular weight is 274 g/mol. The molecule has 0 aliphatic carbocycles. The molecule has 0 fully saturated rings. The van der Waals surface area contributed by atoms with Crippen molar-refractivity contribution in [3.05, 3.63) is 48.7 Å². The highest BCUT2D eigenvalue weighted by molar-refractivity contribution is 7.19. The van der Waals surface area contributed by atoms with Crippen molar-refractivity contribution in [2.24, 2.45) is 0 Å². The van der Waals surface area contributed by atoms with Crippen molar-refractivity contribution in [2.45, 2.75) is 0 Å². The number of anilines is 1. The number of carboxylic acids is 1. The fourth-order valence-corrected chi connectivity index (χ4v) is 2.18. The highest BCUT2D eigenvalue weighted by Crippen LogP contribution is 2.27. The molecule has 1 aromatic heterocycles. The van der Waals surface area contributed by atoms with Gasteiger partial charge in [0.2, 0.25) is 5.91 Å². The number of hydrogen-bond donors (Lipinski definition) is 2. The number of amides is 1. The lowest BCUT2D eigenvalue weighted by molar-refractivity contribution is -0.131. The Balaban J connectivity index is 2.06. The fraction of sp³-hybridized carbons (Fsp3) is 0. The molecule has 2 rings (SSSR count). The maximum Gasteiger partial charge on any atom is 0.328 e. The van der Waals surface area contributed by atoms with E-state index in [4.69, 9.17) is 5.11 Å². The molecule has 19 heavy (non-hydrogen) atoms. The molecule has 1 amide bonds. The molecule has 2 N–H and O–H groups in total. The second kappa shape index (κ2) is 5.92. The fourth-order valence-electron chi connectivity index (χ4n) is 1.36. The van der Waals surface area contributed by atoms with Crippen molar-refractivity contribution in [2.75, 3.05) is 5.32 Å².